The zero-order chi connectivity index (χ0) is 43.6. The molecular formula is C66H42. The van der Waals surface area contributed by atoms with E-state index in [0.29, 0.717) is 0 Å². The average molecular weight is 835 g/mol. The molecule has 0 heteroatoms. The fraction of sp³-hybridized carbons (Fsp3) is 0. The summed E-state index contributed by atoms with van der Waals surface area (Å²) in [5.74, 6) is 0. The highest BCUT2D eigenvalue weighted by Crippen LogP contribution is 2.56. The van der Waals surface area contributed by atoms with Crippen LogP contribution in [0.3, 0.4) is 0 Å². The molecule has 0 unspecified atom stereocenters. The quantitative estimate of drug-likeness (QED) is 0.146. The highest BCUT2D eigenvalue weighted by atomic mass is 14.3. The van der Waals surface area contributed by atoms with Gasteiger partial charge in [0, 0.05) is 0 Å². The average Bonchev–Trinajstić information content (AvgIpc) is 3.87. The van der Waals surface area contributed by atoms with Crippen LogP contribution < -0.4 is 0 Å². The molecule has 0 aliphatic heterocycles. The maximum absolute atomic E-state index is 2.54. The van der Waals surface area contributed by atoms with Crippen molar-refractivity contribution >= 4 is 43.8 Å². The smallest absolute Gasteiger partial charge is 0.00141 e. The zero-order valence-corrected chi connectivity index (χ0v) is 36.2. The van der Waals surface area contributed by atoms with E-state index in [0.717, 1.165) is 0 Å². The van der Waals surface area contributed by atoms with Crippen LogP contribution >= 0.6 is 0 Å². The van der Waals surface area contributed by atoms with Gasteiger partial charge in [0.25, 0.3) is 0 Å². The Labute approximate surface area is 385 Å². The molecule has 11 aromatic carbocycles. The molecule has 0 atom stereocenters. The first kappa shape index (κ1) is 37.9. The molecule has 0 spiro atoms. The van der Waals surface area contributed by atoms with Gasteiger partial charge in [0.2, 0.25) is 0 Å². The highest BCUT2D eigenvalue weighted by Gasteiger charge is 2.32. The van der Waals surface area contributed by atoms with Crippen LogP contribution in [0, 0.1) is 0 Å². The number of benzene rings is 11. The lowest BCUT2D eigenvalue weighted by Crippen LogP contribution is -1.97. The molecule has 0 nitrogen and oxygen atoms in total. The SMILES string of the molecule is c1ccc(C(=C2c3ccccc3-c3cc4c(-c5ccccc5)c5cc6c(cc5c(-c5ccccc5)c4cc32)-c2ccccc2C6=C(c2ccccc2)c2ccccc2)c2ccccc2)cc1. The standard InChI is InChI=1S/C66H42/c1-7-23-43(24-8-1)61(44-25-9-2-10-26-44)65-51-37-21-19-35-49(51)53-39-57-59(41-55(53)65)63(47-31-15-5-16-32-47)58-40-54-50-36-20-22-38-52(50)66(56(54)42-60(58)64(57)48-33-17-6-18-34-48)62(45-27-11-3-12-28-45)46-29-13-4-14-30-46/h1-42H. The van der Waals surface area contributed by atoms with Gasteiger partial charge in [0.05, 0.1) is 0 Å². The molecule has 0 heterocycles. The van der Waals surface area contributed by atoms with Crippen molar-refractivity contribution in [3.05, 3.63) is 299 Å². The van der Waals surface area contributed by atoms with Crippen LogP contribution in [-0.4, -0.2) is 0 Å². The van der Waals surface area contributed by atoms with Gasteiger partial charge in [-0.15, -0.1) is 0 Å². The summed E-state index contributed by atoms with van der Waals surface area (Å²) in [6.45, 7) is 0. The molecule has 0 radical (unpaired) electrons. The first-order valence-corrected chi connectivity index (χ1v) is 22.9. The fourth-order valence-electron chi connectivity index (χ4n) is 11.0. The highest BCUT2D eigenvalue weighted by molar-refractivity contribution is 6.27. The van der Waals surface area contributed by atoms with Crippen molar-refractivity contribution in [1.82, 2.24) is 0 Å². The Hall–Kier alpha value is -8.58. The minimum atomic E-state index is 1.20. The first-order chi connectivity index (χ1) is 32.8. The molecule has 0 bridgehead atoms. The van der Waals surface area contributed by atoms with E-state index in [4.69, 9.17) is 0 Å². The summed E-state index contributed by atoms with van der Waals surface area (Å²) in [7, 11) is 0. The van der Waals surface area contributed by atoms with Crippen LogP contribution in [0.25, 0.3) is 88.3 Å². The molecule has 0 amide bonds. The molecule has 0 saturated carbocycles. The van der Waals surface area contributed by atoms with E-state index in [9.17, 15) is 0 Å². The van der Waals surface area contributed by atoms with Crippen LogP contribution in [0.4, 0.5) is 0 Å². The fourth-order valence-corrected chi connectivity index (χ4v) is 11.0. The summed E-state index contributed by atoms with van der Waals surface area (Å²) in [5.41, 5.74) is 24.9. The summed E-state index contributed by atoms with van der Waals surface area (Å²) < 4.78 is 0. The monoisotopic (exact) mass is 834 g/mol. The van der Waals surface area contributed by atoms with Gasteiger partial charge in [0.15, 0.2) is 0 Å². The molecule has 13 rings (SSSR count). The predicted octanol–water partition coefficient (Wildman–Crippen LogP) is 17.3. The third kappa shape index (κ3) is 6.00. The third-order valence-electron chi connectivity index (χ3n) is 13.8. The van der Waals surface area contributed by atoms with Gasteiger partial charge >= 0.3 is 0 Å². The molecule has 0 fully saturated rings. The molecule has 306 valence electrons. The molecule has 0 aromatic heterocycles. The summed E-state index contributed by atoms with van der Waals surface area (Å²) in [6, 6.07) is 94.2. The molecule has 0 saturated heterocycles. The van der Waals surface area contributed by atoms with Crippen molar-refractivity contribution in [1.29, 1.82) is 0 Å². The Kier molecular flexibility index (Phi) is 8.96. The third-order valence-corrected chi connectivity index (χ3v) is 13.8. The number of fused-ring (bicyclic) bond motifs is 8. The van der Waals surface area contributed by atoms with E-state index in [1.54, 1.807) is 0 Å². The van der Waals surface area contributed by atoms with Crippen molar-refractivity contribution < 1.29 is 0 Å². The van der Waals surface area contributed by atoms with Gasteiger partial charge in [-0.1, -0.05) is 231 Å². The van der Waals surface area contributed by atoms with E-state index in [2.05, 4.69) is 255 Å². The van der Waals surface area contributed by atoms with Crippen LogP contribution in [0.15, 0.2) is 255 Å². The number of hydrogen-bond donors (Lipinski definition) is 0. The van der Waals surface area contributed by atoms with Gasteiger partial charge in [-0.3, -0.25) is 0 Å². The Balaban J connectivity index is 1.22. The van der Waals surface area contributed by atoms with Crippen molar-refractivity contribution in [3.8, 4) is 44.5 Å². The molecule has 11 aromatic rings. The first-order valence-electron chi connectivity index (χ1n) is 22.9. The zero-order valence-electron chi connectivity index (χ0n) is 36.2. The molecule has 0 N–H and O–H groups in total. The summed E-state index contributed by atoms with van der Waals surface area (Å²) in [6.07, 6.45) is 0. The van der Waals surface area contributed by atoms with Crippen molar-refractivity contribution in [3.63, 3.8) is 0 Å². The van der Waals surface area contributed by atoms with E-state index in [-0.39, 0.29) is 0 Å². The molecular weight excluding hydrogens is 793 g/mol. The largest absolute Gasteiger partial charge is 0.0622 e. The van der Waals surface area contributed by atoms with Crippen molar-refractivity contribution in [2.45, 2.75) is 0 Å². The van der Waals surface area contributed by atoms with Crippen molar-refractivity contribution in [2.75, 3.05) is 0 Å². The maximum atomic E-state index is 2.54. The van der Waals surface area contributed by atoms with Crippen LogP contribution in [0.5, 0.6) is 0 Å². The van der Waals surface area contributed by atoms with Gasteiger partial charge < -0.3 is 0 Å². The van der Waals surface area contributed by atoms with Gasteiger partial charge in [-0.2, -0.15) is 0 Å². The van der Waals surface area contributed by atoms with E-state index in [1.807, 2.05) is 0 Å². The molecule has 2 aliphatic rings. The second-order valence-electron chi connectivity index (χ2n) is 17.4. The van der Waals surface area contributed by atoms with Crippen LogP contribution in [-0.2, 0) is 0 Å². The Bertz CT molecular complexity index is 3400. The van der Waals surface area contributed by atoms with Gasteiger partial charge in [-0.05, 0) is 157 Å². The number of rotatable bonds is 6. The summed E-state index contributed by atoms with van der Waals surface area (Å²) >= 11 is 0. The predicted molar refractivity (Wildman–Crippen MR) is 279 cm³/mol. The number of hydrogen-bond acceptors (Lipinski definition) is 0. The van der Waals surface area contributed by atoms with E-state index in [1.165, 1.54) is 133 Å². The lowest BCUT2D eigenvalue weighted by molar-refractivity contribution is 1.54. The Morgan fingerprint density at radius 2 is 0.439 bits per heavy atom. The molecule has 2 aliphatic carbocycles. The van der Waals surface area contributed by atoms with Crippen molar-refractivity contribution in [2.24, 2.45) is 0 Å². The Morgan fingerprint density at radius 3 is 0.742 bits per heavy atom. The second kappa shape index (κ2) is 15.6. The topological polar surface area (TPSA) is 0 Å². The summed E-state index contributed by atoms with van der Waals surface area (Å²) in [4.78, 5) is 0. The van der Waals surface area contributed by atoms with Crippen LogP contribution in [0.2, 0.25) is 0 Å². The van der Waals surface area contributed by atoms with E-state index >= 15 is 0 Å². The lowest BCUT2D eigenvalue weighted by Gasteiger charge is -2.21. The minimum absolute atomic E-state index is 1.20. The van der Waals surface area contributed by atoms with E-state index < -0.39 is 0 Å². The summed E-state index contributed by atoms with van der Waals surface area (Å²) in [5, 5.41) is 4.98. The minimum Gasteiger partial charge on any atom is -0.0622 e. The normalized spacial score (nSPS) is 12.2. The van der Waals surface area contributed by atoms with Crippen LogP contribution in [0.1, 0.15) is 44.5 Å². The lowest BCUT2D eigenvalue weighted by atomic mass is 9.81. The Morgan fingerprint density at radius 1 is 0.197 bits per heavy atom. The second-order valence-corrected chi connectivity index (χ2v) is 17.4. The maximum Gasteiger partial charge on any atom is -0.00141 e. The van der Waals surface area contributed by atoms with Gasteiger partial charge in [-0.25, -0.2) is 0 Å². The van der Waals surface area contributed by atoms with Gasteiger partial charge in [0.1, 0.15) is 0 Å². The molecule has 66 heavy (non-hydrogen) atoms.